The maximum Gasteiger partial charge on any atom is 0.246 e. The molecule has 1 fully saturated rings. The molecular weight excluding hydrogens is 557 g/mol. The Morgan fingerprint density at radius 1 is 0.927 bits per heavy atom. The first-order valence-electron chi connectivity index (χ1n) is 13.8. The molecule has 2 aromatic heterocycles. The number of morpholine rings is 1. The number of nitrogens with one attached hydrogen (secondary N) is 2. The summed E-state index contributed by atoms with van der Waals surface area (Å²) in [4.78, 5) is 11.9. The van der Waals surface area contributed by atoms with Crippen LogP contribution >= 0.6 is 23.2 Å². The molecule has 1 aliphatic heterocycles. The fraction of sp³-hybridized carbons (Fsp3) is 0.258. The summed E-state index contributed by atoms with van der Waals surface area (Å²) in [5.41, 5.74) is 6.90. The number of nitrogens with zero attached hydrogens (tertiary/aromatic N) is 5. The van der Waals surface area contributed by atoms with Crippen LogP contribution in [0.25, 0.3) is 21.8 Å². The predicted octanol–water partition coefficient (Wildman–Crippen LogP) is 6.52. The number of para-hydroxylation sites is 2. The molecule has 0 bridgehead atoms. The molecule has 0 aliphatic carbocycles. The topological polar surface area (TPSA) is 79.6 Å². The molecule has 41 heavy (non-hydrogen) atoms. The van der Waals surface area contributed by atoms with Crippen molar-refractivity contribution in [2.45, 2.75) is 13.0 Å². The van der Waals surface area contributed by atoms with E-state index in [1.54, 1.807) is 12.3 Å². The van der Waals surface area contributed by atoms with E-state index in [9.17, 15) is 0 Å². The smallest absolute Gasteiger partial charge is 0.246 e. The van der Waals surface area contributed by atoms with Crippen molar-refractivity contribution < 1.29 is 4.74 Å². The van der Waals surface area contributed by atoms with E-state index >= 15 is 0 Å². The van der Waals surface area contributed by atoms with Gasteiger partial charge in [0.2, 0.25) is 5.95 Å². The summed E-state index contributed by atoms with van der Waals surface area (Å²) >= 11 is 12.7. The second kappa shape index (κ2) is 12.9. The van der Waals surface area contributed by atoms with Crippen LogP contribution in [0.2, 0.25) is 10.0 Å². The summed E-state index contributed by atoms with van der Waals surface area (Å²) < 4.78 is 7.60. The molecule has 10 heteroatoms. The molecule has 0 spiro atoms. The number of halogens is 2. The Kier molecular flexibility index (Phi) is 8.63. The van der Waals surface area contributed by atoms with Crippen molar-refractivity contribution in [2.24, 2.45) is 5.10 Å². The number of hydrogen-bond donors (Lipinski definition) is 2. The highest BCUT2D eigenvalue weighted by Crippen LogP contribution is 2.28. The summed E-state index contributed by atoms with van der Waals surface area (Å²) in [7, 11) is 0. The van der Waals surface area contributed by atoms with E-state index in [0.717, 1.165) is 84.6 Å². The van der Waals surface area contributed by atoms with Gasteiger partial charge in [0, 0.05) is 54.2 Å². The molecule has 0 saturated carbocycles. The maximum absolute atomic E-state index is 6.47. The minimum absolute atomic E-state index is 0.435. The zero-order valence-electron chi connectivity index (χ0n) is 22.6. The normalized spacial score (nSPS) is 14.3. The Morgan fingerprint density at radius 2 is 1.73 bits per heavy atom. The molecular formula is C31H31Cl2N7O. The van der Waals surface area contributed by atoms with Crippen molar-refractivity contribution in [1.29, 1.82) is 0 Å². The van der Waals surface area contributed by atoms with Gasteiger partial charge in [0.1, 0.15) is 5.82 Å². The van der Waals surface area contributed by atoms with Crippen molar-refractivity contribution in [3.8, 4) is 0 Å². The van der Waals surface area contributed by atoms with Gasteiger partial charge in [-0.3, -0.25) is 4.90 Å². The Hall–Kier alpha value is -3.69. The first kappa shape index (κ1) is 27.5. The van der Waals surface area contributed by atoms with Crippen molar-refractivity contribution in [3.63, 3.8) is 0 Å². The molecule has 0 unspecified atom stereocenters. The number of benzene rings is 3. The van der Waals surface area contributed by atoms with E-state index in [2.05, 4.69) is 48.6 Å². The molecule has 0 amide bonds. The highest BCUT2D eigenvalue weighted by molar-refractivity contribution is 6.42. The zero-order valence-corrected chi connectivity index (χ0v) is 24.1. The Balaban J connectivity index is 1.18. The third-order valence-electron chi connectivity index (χ3n) is 7.21. The van der Waals surface area contributed by atoms with Gasteiger partial charge in [-0.15, -0.1) is 0 Å². The first-order valence-corrected chi connectivity index (χ1v) is 14.5. The summed E-state index contributed by atoms with van der Waals surface area (Å²) in [6.45, 7) is 6.07. The minimum atomic E-state index is 0.435. The lowest BCUT2D eigenvalue weighted by atomic mass is 10.2. The van der Waals surface area contributed by atoms with Crippen molar-refractivity contribution >= 4 is 63.0 Å². The number of hydrogen-bond acceptors (Lipinski definition) is 7. The summed E-state index contributed by atoms with van der Waals surface area (Å²) in [5, 5.41) is 11.2. The van der Waals surface area contributed by atoms with Crippen LogP contribution in [0.1, 0.15) is 17.5 Å². The number of aromatic nitrogens is 3. The van der Waals surface area contributed by atoms with Gasteiger partial charge in [0.05, 0.1) is 35.0 Å². The van der Waals surface area contributed by atoms with E-state index in [0.29, 0.717) is 22.5 Å². The van der Waals surface area contributed by atoms with Crippen LogP contribution in [0.3, 0.4) is 0 Å². The number of hydrazone groups is 1. The number of anilines is 2. The molecule has 0 atom stereocenters. The fourth-order valence-electron chi connectivity index (χ4n) is 5.12. The first-order chi connectivity index (χ1) is 20.2. The molecule has 5 aromatic rings. The van der Waals surface area contributed by atoms with Gasteiger partial charge in [0.15, 0.2) is 0 Å². The van der Waals surface area contributed by atoms with Crippen molar-refractivity contribution in [1.82, 2.24) is 19.4 Å². The molecule has 2 N–H and O–H groups in total. The minimum Gasteiger partial charge on any atom is -0.379 e. The van der Waals surface area contributed by atoms with Crippen molar-refractivity contribution in [3.05, 3.63) is 94.1 Å². The van der Waals surface area contributed by atoms with E-state index in [4.69, 9.17) is 32.9 Å². The van der Waals surface area contributed by atoms with Crippen LogP contribution in [-0.2, 0) is 11.3 Å². The molecule has 3 aromatic carbocycles. The van der Waals surface area contributed by atoms with Gasteiger partial charge < -0.3 is 14.6 Å². The van der Waals surface area contributed by atoms with Crippen LogP contribution in [0.4, 0.5) is 11.8 Å². The van der Waals surface area contributed by atoms with Gasteiger partial charge in [-0.25, -0.2) is 10.4 Å². The average molecular weight is 589 g/mol. The Bertz CT molecular complexity index is 1680. The maximum atomic E-state index is 6.47. The van der Waals surface area contributed by atoms with Gasteiger partial charge in [-0.05, 0) is 42.8 Å². The molecule has 210 valence electrons. The van der Waals surface area contributed by atoms with Crippen molar-refractivity contribution in [2.75, 3.05) is 50.1 Å². The van der Waals surface area contributed by atoms with Crippen LogP contribution in [-0.4, -0.2) is 65.0 Å². The highest BCUT2D eigenvalue weighted by atomic mass is 35.5. The SMILES string of the molecule is Clc1cccc(Cn2cc(/C=N/Nc3nc(NCCCN4CCOCC4)c4ccccc4n3)c3ccccc32)c1Cl. The largest absolute Gasteiger partial charge is 0.379 e. The average Bonchev–Trinajstić information content (AvgIpc) is 3.35. The Labute approximate surface area is 248 Å². The van der Waals surface area contributed by atoms with Gasteiger partial charge >= 0.3 is 0 Å². The number of fused-ring (bicyclic) bond motifs is 2. The fourth-order valence-corrected chi connectivity index (χ4v) is 5.50. The van der Waals surface area contributed by atoms with E-state index < -0.39 is 0 Å². The van der Waals surface area contributed by atoms with E-state index in [1.807, 2.05) is 48.5 Å². The predicted molar refractivity (Wildman–Crippen MR) is 169 cm³/mol. The summed E-state index contributed by atoms with van der Waals surface area (Å²) in [5.74, 6) is 1.23. The number of ether oxygens (including phenoxy) is 1. The van der Waals surface area contributed by atoms with Crippen LogP contribution in [0.5, 0.6) is 0 Å². The van der Waals surface area contributed by atoms with Gasteiger partial charge in [-0.2, -0.15) is 10.1 Å². The monoisotopic (exact) mass is 587 g/mol. The quantitative estimate of drug-likeness (QED) is 0.110. The standard InChI is InChI=1S/C31H31Cl2N7O/c32-26-10-5-7-22(29(26)33)20-40-21-23(24-8-2-4-12-28(24)40)19-35-38-31-36-27-11-3-1-9-25(27)30(37-31)34-13-6-14-39-15-17-41-18-16-39/h1-5,7-12,19,21H,6,13-18,20H2,(H2,34,36,37,38)/b35-19+. The third kappa shape index (κ3) is 6.47. The van der Waals surface area contributed by atoms with Crippen LogP contribution in [0.15, 0.2) is 78.0 Å². The van der Waals surface area contributed by atoms with Crippen LogP contribution < -0.4 is 10.7 Å². The number of rotatable bonds is 10. The molecule has 8 nitrogen and oxygen atoms in total. The molecule has 0 radical (unpaired) electrons. The van der Waals surface area contributed by atoms with Crippen LogP contribution in [0, 0.1) is 0 Å². The van der Waals surface area contributed by atoms with Gasteiger partial charge in [-0.1, -0.05) is 65.7 Å². The third-order valence-corrected chi connectivity index (χ3v) is 8.07. The van der Waals surface area contributed by atoms with E-state index in [1.165, 1.54) is 0 Å². The van der Waals surface area contributed by atoms with E-state index in [-0.39, 0.29) is 0 Å². The zero-order chi connectivity index (χ0) is 28.0. The lowest BCUT2D eigenvalue weighted by Gasteiger charge is -2.26. The summed E-state index contributed by atoms with van der Waals surface area (Å²) in [6.07, 6.45) is 4.88. The molecule has 3 heterocycles. The lowest BCUT2D eigenvalue weighted by molar-refractivity contribution is 0.0378. The molecule has 1 saturated heterocycles. The second-order valence-corrected chi connectivity index (χ2v) is 10.7. The highest BCUT2D eigenvalue weighted by Gasteiger charge is 2.12. The second-order valence-electron chi connectivity index (χ2n) is 9.96. The van der Waals surface area contributed by atoms with Gasteiger partial charge in [0.25, 0.3) is 0 Å². The lowest BCUT2D eigenvalue weighted by Crippen LogP contribution is -2.37. The molecule has 1 aliphatic rings. The Morgan fingerprint density at radius 3 is 2.61 bits per heavy atom. The molecule has 6 rings (SSSR count). The summed E-state index contributed by atoms with van der Waals surface area (Å²) in [6, 6.07) is 21.9.